The Labute approximate surface area is 82.5 Å². The summed E-state index contributed by atoms with van der Waals surface area (Å²) in [5, 5.41) is 3.97. The first kappa shape index (κ1) is 9.21. The summed E-state index contributed by atoms with van der Waals surface area (Å²) in [6, 6.07) is 1.86. The zero-order valence-electron chi connectivity index (χ0n) is 8.18. The monoisotopic (exact) mass is 194 g/mol. The van der Waals surface area contributed by atoms with E-state index in [4.69, 9.17) is 5.73 Å². The van der Waals surface area contributed by atoms with E-state index in [9.17, 15) is 4.79 Å². The van der Waals surface area contributed by atoms with Gasteiger partial charge in [-0.1, -0.05) is 0 Å². The van der Waals surface area contributed by atoms with Crippen LogP contribution in [-0.4, -0.2) is 39.7 Å². The third kappa shape index (κ3) is 1.50. The molecular formula is C9H14N4O. The predicted octanol–water partition coefficient (Wildman–Crippen LogP) is -0.407. The van der Waals surface area contributed by atoms with E-state index in [1.165, 1.54) is 0 Å². The summed E-state index contributed by atoms with van der Waals surface area (Å²) in [7, 11) is 1.77. The highest BCUT2D eigenvalue weighted by Gasteiger charge is 2.25. The van der Waals surface area contributed by atoms with Gasteiger partial charge in [-0.3, -0.25) is 9.48 Å². The van der Waals surface area contributed by atoms with Crippen LogP contribution in [0.3, 0.4) is 0 Å². The molecule has 1 amide bonds. The lowest BCUT2D eigenvalue weighted by molar-refractivity contribution is 0.0780. The SMILES string of the molecule is Cn1nccc1C(=O)N1CCC(N)C1. The second kappa shape index (κ2) is 3.42. The third-order valence-corrected chi connectivity index (χ3v) is 2.55. The Balaban J connectivity index is 2.13. The molecule has 0 bridgehead atoms. The van der Waals surface area contributed by atoms with Crippen LogP contribution in [0.5, 0.6) is 0 Å². The van der Waals surface area contributed by atoms with Crippen LogP contribution in [0.4, 0.5) is 0 Å². The normalized spacial score (nSPS) is 21.6. The van der Waals surface area contributed by atoms with Crippen LogP contribution in [-0.2, 0) is 7.05 Å². The Bertz CT molecular complexity index is 346. The molecule has 1 unspecified atom stereocenters. The number of rotatable bonds is 1. The molecule has 1 fully saturated rings. The molecule has 76 valence electrons. The molecular weight excluding hydrogens is 180 g/mol. The van der Waals surface area contributed by atoms with E-state index < -0.39 is 0 Å². The zero-order valence-corrected chi connectivity index (χ0v) is 8.18. The molecule has 1 saturated heterocycles. The Hall–Kier alpha value is -1.36. The molecule has 5 nitrogen and oxygen atoms in total. The summed E-state index contributed by atoms with van der Waals surface area (Å²) in [5.41, 5.74) is 6.36. The van der Waals surface area contributed by atoms with Gasteiger partial charge in [-0.15, -0.1) is 0 Å². The van der Waals surface area contributed by atoms with Gasteiger partial charge in [0.15, 0.2) is 0 Å². The van der Waals surface area contributed by atoms with Gasteiger partial charge in [-0.2, -0.15) is 5.10 Å². The van der Waals surface area contributed by atoms with Crippen molar-refractivity contribution in [3.05, 3.63) is 18.0 Å². The third-order valence-electron chi connectivity index (χ3n) is 2.55. The lowest BCUT2D eigenvalue weighted by atomic mass is 10.3. The van der Waals surface area contributed by atoms with Crippen LogP contribution in [0.2, 0.25) is 0 Å². The fourth-order valence-electron chi connectivity index (χ4n) is 1.72. The molecule has 5 heteroatoms. The van der Waals surface area contributed by atoms with Gasteiger partial charge in [0.05, 0.1) is 0 Å². The molecule has 2 N–H and O–H groups in total. The highest BCUT2D eigenvalue weighted by Crippen LogP contribution is 2.11. The fourth-order valence-corrected chi connectivity index (χ4v) is 1.72. The Kier molecular flexibility index (Phi) is 2.25. The quantitative estimate of drug-likeness (QED) is 0.661. The molecule has 1 atom stereocenters. The average molecular weight is 194 g/mol. The minimum absolute atomic E-state index is 0.0259. The standard InChI is InChI=1S/C9H14N4O/c1-12-8(2-4-11-12)9(14)13-5-3-7(10)6-13/h2,4,7H,3,5-6,10H2,1H3. The topological polar surface area (TPSA) is 64.2 Å². The molecule has 2 heterocycles. The van der Waals surface area contributed by atoms with Gasteiger partial charge in [-0.25, -0.2) is 0 Å². The fraction of sp³-hybridized carbons (Fsp3) is 0.556. The predicted molar refractivity (Wildman–Crippen MR) is 51.7 cm³/mol. The second-order valence-corrected chi connectivity index (χ2v) is 3.64. The first-order valence-corrected chi connectivity index (χ1v) is 4.71. The van der Waals surface area contributed by atoms with Gasteiger partial charge < -0.3 is 10.6 Å². The molecule has 0 saturated carbocycles. The van der Waals surface area contributed by atoms with E-state index in [0.717, 1.165) is 13.0 Å². The number of carbonyl (C=O) groups excluding carboxylic acids is 1. The maximum absolute atomic E-state index is 11.9. The number of hydrogen-bond acceptors (Lipinski definition) is 3. The van der Waals surface area contributed by atoms with Gasteiger partial charge in [0.1, 0.15) is 5.69 Å². The molecule has 0 radical (unpaired) electrons. The van der Waals surface area contributed by atoms with E-state index in [1.807, 2.05) is 0 Å². The summed E-state index contributed by atoms with van der Waals surface area (Å²) in [5.74, 6) is 0.0259. The Morgan fingerprint density at radius 3 is 3.00 bits per heavy atom. The summed E-state index contributed by atoms with van der Waals surface area (Å²) in [6.07, 6.45) is 2.52. The van der Waals surface area contributed by atoms with E-state index in [1.54, 1.807) is 28.9 Å². The number of amides is 1. The minimum atomic E-state index is 0.0259. The molecule has 2 rings (SSSR count). The van der Waals surface area contributed by atoms with E-state index in [-0.39, 0.29) is 11.9 Å². The molecule has 1 aromatic heterocycles. The van der Waals surface area contributed by atoms with Crippen molar-refractivity contribution < 1.29 is 4.79 Å². The minimum Gasteiger partial charge on any atom is -0.336 e. The largest absolute Gasteiger partial charge is 0.336 e. The van der Waals surface area contributed by atoms with Crippen molar-refractivity contribution in [1.29, 1.82) is 0 Å². The summed E-state index contributed by atoms with van der Waals surface area (Å²) >= 11 is 0. The van der Waals surface area contributed by atoms with Crippen LogP contribution in [0.15, 0.2) is 12.3 Å². The number of carbonyl (C=O) groups is 1. The Morgan fingerprint density at radius 1 is 1.71 bits per heavy atom. The van der Waals surface area contributed by atoms with Gasteiger partial charge in [0, 0.05) is 32.4 Å². The maximum Gasteiger partial charge on any atom is 0.272 e. The molecule has 1 aliphatic rings. The number of nitrogens with zero attached hydrogens (tertiary/aromatic N) is 3. The smallest absolute Gasteiger partial charge is 0.272 e. The number of aryl methyl sites for hydroxylation is 1. The molecule has 14 heavy (non-hydrogen) atoms. The van der Waals surface area contributed by atoms with Crippen LogP contribution in [0.25, 0.3) is 0 Å². The highest BCUT2D eigenvalue weighted by atomic mass is 16.2. The maximum atomic E-state index is 11.9. The lowest BCUT2D eigenvalue weighted by Gasteiger charge is -2.15. The lowest BCUT2D eigenvalue weighted by Crippen LogP contribution is -2.33. The number of likely N-dealkylation sites (tertiary alicyclic amines) is 1. The van der Waals surface area contributed by atoms with Gasteiger partial charge >= 0.3 is 0 Å². The van der Waals surface area contributed by atoms with Crippen LogP contribution >= 0.6 is 0 Å². The number of nitrogens with two attached hydrogens (primary N) is 1. The van der Waals surface area contributed by atoms with Crippen molar-refractivity contribution in [3.8, 4) is 0 Å². The number of hydrogen-bond donors (Lipinski definition) is 1. The van der Waals surface area contributed by atoms with E-state index >= 15 is 0 Å². The molecule has 0 aliphatic carbocycles. The number of aromatic nitrogens is 2. The first-order valence-electron chi connectivity index (χ1n) is 4.71. The van der Waals surface area contributed by atoms with Crippen LogP contribution in [0, 0.1) is 0 Å². The zero-order chi connectivity index (χ0) is 10.1. The van der Waals surface area contributed by atoms with Crippen molar-refractivity contribution >= 4 is 5.91 Å². The van der Waals surface area contributed by atoms with Crippen LogP contribution in [0.1, 0.15) is 16.9 Å². The Morgan fingerprint density at radius 2 is 2.50 bits per heavy atom. The van der Waals surface area contributed by atoms with Gasteiger partial charge in [0.25, 0.3) is 5.91 Å². The van der Waals surface area contributed by atoms with Crippen molar-refractivity contribution in [1.82, 2.24) is 14.7 Å². The molecule has 0 aromatic carbocycles. The van der Waals surface area contributed by atoms with E-state index in [0.29, 0.717) is 12.2 Å². The van der Waals surface area contributed by atoms with Crippen molar-refractivity contribution in [2.24, 2.45) is 12.8 Å². The van der Waals surface area contributed by atoms with Crippen molar-refractivity contribution in [2.45, 2.75) is 12.5 Å². The van der Waals surface area contributed by atoms with E-state index in [2.05, 4.69) is 5.10 Å². The first-order chi connectivity index (χ1) is 6.68. The van der Waals surface area contributed by atoms with Crippen molar-refractivity contribution in [3.63, 3.8) is 0 Å². The van der Waals surface area contributed by atoms with Crippen LogP contribution < -0.4 is 5.73 Å². The molecule has 1 aromatic rings. The molecule has 0 spiro atoms. The molecule has 1 aliphatic heterocycles. The van der Waals surface area contributed by atoms with Gasteiger partial charge in [-0.05, 0) is 12.5 Å². The van der Waals surface area contributed by atoms with Gasteiger partial charge in [0.2, 0.25) is 0 Å². The summed E-state index contributed by atoms with van der Waals surface area (Å²) in [6.45, 7) is 1.41. The summed E-state index contributed by atoms with van der Waals surface area (Å²) < 4.78 is 1.59. The second-order valence-electron chi connectivity index (χ2n) is 3.64. The highest BCUT2D eigenvalue weighted by molar-refractivity contribution is 5.92. The van der Waals surface area contributed by atoms with Crippen molar-refractivity contribution in [2.75, 3.05) is 13.1 Å². The average Bonchev–Trinajstić information content (AvgIpc) is 2.73. The summed E-state index contributed by atoms with van der Waals surface area (Å²) in [4.78, 5) is 13.7.